The van der Waals surface area contributed by atoms with Crippen molar-refractivity contribution in [1.29, 1.82) is 0 Å². The summed E-state index contributed by atoms with van der Waals surface area (Å²) in [5.41, 5.74) is 2.17. The van der Waals surface area contributed by atoms with Gasteiger partial charge in [-0.3, -0.25) is 4.68 Å². The van der Waals surface area contributed by atoms with Gasteiger partial charge in [0.05, 0.1) is 5.69 Å². The van der Waals surface area contributed by atoms with Crippen molar-refractivity contribution < 1.29 is 0 Å². The highest BCUT2D eigenvalue weighted by Gasteiger charge is 2.15. The van der Waals surface area contributed by atoms with Gasteiger partial charge in [-0.2, -0.15) is 5.10 Å². The summed E-state index contributed by atoms with van der Waals surface area (Å²) in [5.74, 6) is 0.871. The van der Waals surface area contributed by atoms with Crippen molar-refractivity contribution in [2.45, 2.75) is 39.2 Å². The molecule has 1 aromatic rings. The number of hydrogen-bond acceptors (Lipinski definition) is 2. The Balaban J connectivity index is 1.84. The highest BCUT2D eigenvalue weighted by molar-refractivity contribution is 6.30. The zero-order chi connectivity index (χ0) is 11.5. The van der Waals surface area contributed by atoms with Crippen LogP contribution in [0, 0.1) is 12.8 Å². The van der Waals surface area contributed by atoms with E-state index in [9.17, 15) is 0 Å². The first-order valence-electron chi connectivity index (χ1n) is 6.07. The quantitative estimate of drug-likeness (QED) is 0.879. The van der Waals surface area contributed by atoms with Gasteiger partial charge in [-0.15, -0.1) is 0 Å². The molecule has 0 bridgehead atoms. The van der Waals surface area contributed by atoms with E-state index in [-0.39, 0.29) is 0 Å². The molecule has 1 saturated carbocycles. The van der Waals surface area contributed by atoms with E-state index in [4.69, 9.17) is 11.6 Å². The fourth-order valence-electron chi connectivity index (χ4n) is 2.49. The van der Waals surface area contributed by atoms with Crippen molar-refractivity contribution in [3.8, 4) is 0 Å². The van der Waals surface area contributed by atoms with Crippen molar-refractivity contribution in [3.63, 3.8) is 0 Å². The number of aromatic nitrogens is 2. The molecule has 1 aliphatic rings. The minimum Gasteiger partial charge on any atom is -0.312 e. The highest BCUT2D eigenvalue weighted by Crippen LogP contribution is 2.24. The van der Waals surface area contributed by atoms with E-state index in [1.54, 1.807) is 4.68 Å². The van der Waals surface area contributed by atoms with E-state index in [0.29, 0.717) is 0 Å². The third-order valence-electron chi connectivity index (χ3n) is 3.48. The Bertz CT molecular complexity index is 353. The van der Waals surface area contributed by atoms with E-state index >= 15 is 0 Å². The molecule has 2 rings (SSSR count). The maximum atomic E-state index is 6.17. The van der Waals surface area contributed by atoms with Gasteiger partial charge in [-0.05, 0) is 32.2 Å². The van der Waals surface area contributed by atoms with Gasteiger partial charge < -0.3 is 5.32 Å². The van der Waals surface area contributed by atoms with E-state index < -0.39 is 0 Å². The number of rotatable bonds is 4. The molecule has 1 N–H and O–H groups in total. The topological polar surface area (TPSA) is 29.9 Å². The summed E-state index contributed by atoms with van der Waals surface area (Å²) in [6.07, 6.45) is 5.57. The Labute approximate surface area is 102 Å². The lowest BCUT2D eigenvalue weighted by Crippen LogP contribution is -2.21. The van der Waals surface area contributed by atoms with Crippen LogP contribution in [0.25, 0.3) is 0 Å². The maximum absolute atomic E-state index is 6.17. The van der Waals surface area contributed by atoms with Gasteiger partial charge in [-0.1, -0.05) is 24.4 Å². The number of nitrogens with zero attached hydrogens (tertiary/aromatic N) is 2. The Morgan fingerprint density at radius 3 is 2.69 bits per heavy atom. The molecule has 0 atom stereocenters. The van der Waals surface area contributed by atoms with Crippen molar-refractivity contribution >= 4 is 11.6 Å². The summed E-state index contributed by atoms with van der Waals surface area (Å²) in [4.78, 5) is 0. The normalized spacial score (nSPS) is 17.2. The zero-order valence-electron chi connectivity index (χ0n) is 10.1. The van der Waals surface area contributed by atoms with E-state index in [0.717, 1.165) is 35.4 Å². The molecule has 3 nitrogen and oxygen atoms in total. The minimum absolute atomic E-state index is 0.761. The average Bonchev–Trinajstić information content (AvgIpc) is 2.82. The van der Waals surface area contributed by atoms with Crippen LogP contribution in [0.1, 0.15) is 36.9 Å². The Morgan fingerprint density at radius 2 is 2.12 bits per heavy atom. The van der Waals surface area contributed by atoms with Crippen LogP contribution < -0.4 is 5.32 Å². The molecule has 1 aliphatic carbocycles. The molecule has 0 aromatic carbocycles. The molecule has 4 heteroatoms. The first-order chi connectivity index (χ1) is 7.68. The van der Waals surface area contributed by atoms with Crippen LogP contribution in [0.15, 0.2) is 0 Å². The van der Waals surface area contributed by atoms with Crippen LogP contribution in [-0.4, -0.2) is 16.3 Å². The predicted octanol–water partition coefficient (Wildman–Crippen LogP) is 2.66. The smallest absolute Gasteiger partial charge is 0.131 e. The molecule has 1 heterocycles. The molecule has 16 heavy (non-hydrogen) atoms. The molecule has 90 valence electrons. The van der Waals surface area contributed by atoms with Gasteiger partial charge in [0, 0.05) is 19.2 Å². The molecule has 0 saturated heterocycles. The predicted molar refractivity (Wildman–Crippen MR) is 66.6 cm³/mol. The van der Waals surface area contributed by atoms with E-state index in [1.807, 2.05) is 14.0 Å². The average molecular weight is 242 g/mol. The van der Waals surface area contributed by atoms with Crippen molar-refractivity contribution in [3.05, 3.63) is 16.4 Å². The van der Waals surface area contributed by atoms with Crippen molar-refractivity contribution in [1.82, 2.24) is 15.1 Å². The second-order valence-corrected chi connectivity index (χ2v) is 5.12. The number of halogens is 1. The van der Waals surface area contributed by atoms with E-state index in [2.05, 4.69) is 10.4 Å². The molecule has 0 amide bonds. The molecular formula is C12H20ClN3. The SMILES string of the molecule is Cc1nn(C)c(Cl)c1CNCC1CCCC1. The monoisotopic (exact) mass is 241 g/mol. The van der Waals surface area contributed by atoms with Gasteiger partial charge in [-0.25, -0.2) is 0 Å². The third kappa shape index (κ3) is 2.58. The van der Waals surface area contributed by atoms with Gasteiger partial charge in [0.2, 0.25) is 0 Å². The number of hydrogen-bond donors (Lipinski definition) is 1. The van der Waals surface area contributed by atoms with E-state index in [1.165, 1.54) is 25.7 Å². The summed E-state index contributed by atoms with van der Waals surface area (Å²) in [6, 6.07) is 0. The second-order valence-electron chi connectivity index (χ2n) is 4.76. The molecule has 0 unspecified atom stereocenters. The molecular weight excluding hydrogens is 222 g/mol. The van der Waals surface area contributed by atoms with Crippen LogP contribution in [0.3, 0.4) is 0 Å². The highest BCUT2D eigenvalue weighted by atomic mass is 35.5. The van der Waals surface area contributed by atoms with Crippen molar-refractivity contribution in [2.24, 2.45) is 13.0 Å². The maximum Gasteiger partial charge on any atom is 0.131 e. The lowest BCUT2D eigenvalue weighted by molar-refractivity contribution is 0.489. The second kappa shape index (κ2) is 5.19. The zero-order valence-corrected chi connectivity index (χ0v) is 10.8. The fraction of sp³-hybridized carbons (Fsp3) is 0.750. The molecule has 1 fully saturated rings. The summed E-state index contributed by atoms with van der Waals surface area (Å²) in [6.45, 7) is 3.97. The van der Waals surface area contributed by atoms with Gasteiger partial charge in [0.25, 0.3) is 0 Å². The Morgan fingerprint density at radius 1 is 1.44 bits per heavy atom. The first kappa shape index (κ1) is 11.9. The number of nitrogens with one attached hydrogen (secondary N) is 1. The van der Waals surface area contributed by atoms with Gasteiger partial charge >= 0.3 is 0 Å². The largest absolute Gasteiger partial charge is 0.312 e. The summed E-state index contributed by atoms with van der Waals surface area (Å²) in [5, 5.41) is 8.57. The summed E-state index contributed by atoms with van der Waals surface area (Å²) in [7, 11) is 1.88. The Kier molecular flexibility index (Phi) is 3.87. The summed E-state index contributed by atoms with van der Waals surface area (Å²) < 4.78 is 1.74. The number of aryl methyl sites for hydroxylation is 2. The fourth-order valence-corrected chi connectivity index (χ4v) is 2.73. The molecule has 0 radical (unpaired) electrons. The van der Waals surface area contributed by atoms with Crippen LogP contribution in [-0.2, 0) is 13.6 Å². The van der Waals surface area contributed by atoms with Crippen LogP contribution >= 0.6 is 11.6 Å². The lowest BCUT2D eigenvalue weighted by Gasteiger charge is -2.10. The van der Waals surface area contributed by atoms with Crippen molar-refractivity contribution in [2.75, 3.05) is 6.54 Å². The van der Waals surface area contributed by atoms with Crippen LogP contribution in [0.5, 0.6) is 0 Å². The standard InChI is InChI=1S/C12H20ClN3/c1-9-11(12(13)16(2)15-9)8-14-7-10-5-3-4-6-10/h10,14H,3-8H2,1-2H3. The van der Waals surface area contributed by atoms with Crippen LogP contribution in [0.4, 0.5) is 0 Å². The molecule has 1 aromatic heterocycles. The third-order valence-corrected chi connectivity index (χ3v) is 3.95. The van der Waals surface area contributed by atoms with Gasteiger partial charge in [0.15, 0.2) is 0 Å². The minimum atomic E-state index is 0.761. The summed E-state index contributed by atoms with van der Waals surface area (Å²) >= 11 is 6.17. The molecule has 0 aliphatic heterocycles. The first-order valence-corrected chi connectivity index (χ1v) is 6.45. The van der Waals surface area contributed by atoms with Crippen LogP contribution in [0.2, 0.25) is 5.15 Å². The molecule has 0 spiro atoms. The lowest BCUT2D eigenvalue weighted by atomic mass is 10.1. The Hall–Kier alpha value is -0.540. The van der Waals surface area contributed by atoms with Gasteiger partial charge in [0.1, 0.15) is 5.15 Å².